The first-order valence-corrected chi connectivity index (χ1v) is 6.80. The summed E-state index contributed by atoms with van der Waals surface area (Å²) in [7, 11) is 0. The van der Waals surface area contributed by atoms with E-state index in [1.165, 1.54) is 12.0 Å². The molecule has 1 aromatic rings. The minimum atomic E-state index is 0.589. The SMILES string of the molecule is CCC(C)C(CCl)Cc1cccc(Br)c1. The molecule has 0 N–H and O–H groups in total. The van der Waals surface area contributed by atoms with E-state index >= 15 is 0 Å². The van der Waals surface area contributed by atoms with Crippen LogP contribution in [-0.4, -0.2) is 5.88 Å². The third-order valence-electron chi connectivity index (χ3n) is 3.03. The van der Waals surface area contributed by atoms with E-state index in [4.69, 9.17) is 11.6 Å². The number of hydrogen-bond donors (Lipinski definition) is 0. The van der Waals surface area contributed by atoms with Crippen LogP contribution in [0.15, 0.2) is 28.7 Å². The lowest BCUT2D eigenvalue weighted by Gasteiger charge is -2.20. The zero-order valence-electron chi connectivity index (χ0n) is 9.34. The Balaban J connectivity index is 2.66. The topological polar surface area (TPSA) is 0 Å². The normalized spacial score (nSPS) is 14.9. The van der Waals surface area contributed by atoms with Gasteiger partial charge in [0.2, 0.25) is 0 Å². The van der Waals surface area contributed by atoms with Crippen LogP contribution in [0.2, 0.25) is 0 Å². The molecule has 0 radical (unpaired) electrons. The second-order valence-electron chi connectivity index (χ2n) is 4.13. The Morgan fingerprint density at radius 3 is 2.67 bits per heavy atom. The number of rotatable bonds is 5. The summed E-state index contributed by atoms with van der Waals surface area (Å²) < 4.78 is 1.15. The van der Waals surface area contributed by atoms with Gasteiger partial charge in [0.25, 0.3) is 0 Å². The van der Waals surface area contributed by atoms with Crippen LogP contribution in [0, 0.1) is 11.8 Å². The van der Waals surface area contributed by atoms with Gasteiger partial charge in [-0.25, -0.2) is 0 Å². The molecule has 0 bridgehead atoms. The van der Waals surface area contributed by atoms with Crippen molar-refractivity contribution in [2.24, 2.45) is 11.8 Å². The summed E-state index contributed by atoms with van der Waals surface area (Å²) in [5.74, 6) is 2.04. The highest BCUT2D eigenvalue weighted by Crippen LogP contribution is 2.23. The van der Waals surface area contributed by atoms with Crippen molar-refractivity contribution < 1.29 is 0 Å². The molecule has 2 unspecified atom stereocenters. The van der Waals surface area contributed by atoms with Gasteiger partial charge in [-0.2, -0.15) is 0 Å². The summed E-state index contributed by atoms with van der Waals surface area (Å²) in [4.78, 5) is 0. The van der Waals surface area contributed by atoms with Gasteiger partial charge in [-0.1, -0.05) is 48.3 Å². The molecule has 0 aliphatic heterocycles. The van der Waals surface area contributed by atoms with E-state index in [9.17, 15) is 0 Å². The molecule has 0 amide bonds. The Hall–Kier alpha value is -0.0100. The van der Waals surface area contributed by atoms with Crippen molar-refractivity contribution in [3.8, 4) is 0 Å². The van der Waals surface area contributed by atoms with E-state index in [1.807, 2.05) is 0 Å². The van der Waals surface area contributed by atoms with Gasteiger partial charge in [0.1, 0.15) is 0 Å². The van der Waals surface area contributed by atoms with Gasteiger partial charge in [-0.3, -0.25) is 0 Å². The molecular formula is C13H18BrCl. The molecule has 0 spiro atoms. The summed E-state index contributed by atoms with van der Waals surface area (Å²) >= 11 is 9.51. The summed E-state index contributed by atoms with van der Waals surface area (Å²) in [6.45, 7) is 4.51. The van der Waals surface area contributed by atoms with Crippen LogP contribution in [0.3, 0.4) is 0 Å². The van der Waals surface area contributed by atoms with Crippen LogP contribution in [-0.2, 0) is 6.42 Å². The summed E-state index contributed by atoms with van der Waals surface area (Å²) in [5, 5.41) is 0. The molecule has 15 heavy (non-hydrogen) atoms. The Morgan fingerprint density at radius 1 is 1.40 bits per heavy atom. The minimum absolute atomic E-state index is 0.589. The van der Waals surface area contributed by atoms with E-state index in [0.29, 0.717) is 11.8 Å². The van der Waals surface area contributed by atoms with Gasteiger partial charge in [0.05, 0.1) is 0 Å². The van der Waals surface area contributed by atoms with Gasteiger partial charge in [0, 0.05) is 10.4 Å². The number of alkyl halides is 1. The summed E-state index contributed by atoms with van der Waals surface area (Å²) in [6.07, 6.45) is 2.28. The average molecular weight is 290 g/mol. The lowest BCUT2D eigenvalue weighted by atomic mass is 9.88. The molecule has 0 saturated carbocycles. The van der Waals surface area contributed by atoms with Crippen molar-refractivity contribution in [2.45, 2.75) is 26.7 Å². The van der Waals surface area contributed by atoms with E-state index in [-0.39, 0.29) is 0 Å². The van der Waals surface area contributed by atoms with Crippen molar-refractivity contribution in [3.05, 3.63) is 34.3 Å². The maximum Gasteiger partial charge on any atom is 0.0257 e. The third-order valence-corrected chi connectivity index (χ3v) is 3.92. The second-order valence-corrected chi connectivity index (χ2v) is 5.36. The van der Waals surface area contributed by atoms with Gasteiger partial charge >= 0.3 is 0 Å². The van der Waals surface area contributed by atoms with E-state index in [2.05, 4.69) is 54.0 Å². The van der Waals surface area contributed by atoms with Crippen LogP contribution < -0.4 is 0 Å². The van der Waals surface area contributed by atoms with Crippen LogP contribution in [0.5, 0.6) is 0 Å². The maximum absolute atomic E-state index is 6.02. The molecule has 1 aromatic carbocycles. The highest BCUT2D eigenvalue weighted by Gasteiger charge is 2.15. The Kier molecular flexibility index (Phi) is 5.70. The molecule has 0 heterocycles. The van der Waals surface area contributed by atoms with E-state index in [1.54, 1.807) is 0 Å². The highest BCUT2D eigenvalue weighted by atomic mass is 79.9. The fourth-order valence-electron chi connectivity index (χ4n) is 1.71. The maximum atomic E-state index is 6.02. The van der Waals surface area contributed by atoms with Gasteiger partial charge < -0.3 is 0 Å². The molecule has 0 saturated heterocycles. The zero-order chi connectivity index (χ0) is 11.3. The lowest BCUT2D eigenvalue weighted by molar-refractivity contribution is 0.379. The standard InChI is InChI=1S/C13H18BrCl/c1-3-10(2)12(9-15)7-11-5-4-6-13(14)8-11/h4-6,8,10,12H,3,7,9H2,1-2H3. The Labute approximate surface area is 106 Å². The zero-order valence-corrected chi connectivity index (χ0v) is 11.7. The predicted molar refractivity (Wildman–Crippen MR) is 71.5 cm³/mol. The fourth-order valence-corrected chi connectivity index (χ4v) is 2.57. The first-order valence-electron chi connectivity index (χ1n) is 5.47. The average Bonchev–Trinajstić information content (AvgIpc) is 2.25. The van der Waals surface area contributed by atoms with Crippen molar-refractivity contribution >= 4 is 27.5 Å². The molecule has 0 fully saturated rings. The number of halogens is 2. The summed E-state index contributed by atoms with van der Waals surface area (Å²) in [6, 6.07) is 8.50. The molecule has 0 nitrogen and oxygen atoms in total. The van der Waals surface area contributed by atoms with Gasteiger partial charge in [0.15, 0.2) is 0 Å². The van der Waals surface area contributed by atoms with Crippen LogP contribution in [0.1, 0.15) is 25.8 Å². The fraction of sp³-hybridized carbons (Fsp3) is 0.538. The third kappa shape index (κ3) is 4.16. The molecule has 0 aliphatic carbocycles. The second kappa shape index (κ2) is 6.55. The monoisotopic (exact) mass is 288 g/mol. The van der Waals surface area contributed by atoms with Crippen LogP contribution >= 0.6 is 27.5 Å². The molecular weight excluding hydrogens is 272 g/mol. The highest BCUT2D eigenvalue weighted by molar-refractivity contribution is 9.10. The van der Waals surface area contributed by atoms with Gasteiger partial charge in [-0.05, 0) is 36.0 Å². The predicted octanol–water partition coefficient (Wildman–Crippen LogP) is 4.89. The van der Waals surface area contributed by atoms with Gasteiger partial charge in [-0.15, -0.1) is 11.6 Å². The van der Waals surface area contributed by atoms with E-state index < -0.39 is 0 Å². The lowest BCUT2D eigenvalue weighted by Crippen LogP contribution is -2.15. The first kappa shape index (κ1) is 13.1. The summed E-state index contributed by atoms with van der Waals surface area (Å²) in [5.41, 5.74) is 1.37. The minimum Gasteiger partial charge on any atom is -0.126 e. The Morgan fingerprint density at radius 2 is 2.13 bits per heavy atom. The quantitative estimate of drug-likeness (QED) is 0.677. The number of benzene rings is 1. The molecule has 84 valence electrons. The smallest absolute Gasteiger partial charge is 0.0257 e. The molecule has 0 aromatic heterocycles. The van der Waals surface area contributed by atoms with Crippen molar-refractivity contribution in [1.82, 2.24) is 0 Å². The molecule has 0 aliphatic rings. The first-order chi connectivity index (χ1) is 7.17. The van der Waals surface area contributed by atoms with Crippen LogP contribution in [0.4, 0.5) is 0 Å². The molecule has 2 atom stereocenters. The largest absolute Gasteiger partial charge is 0.126 e. The molecule has 1 rings (SSSR count). The Bertz CT molecular complexity index is 298. The molecule has 2 heteroatoms. The van der Waals surface area contributed by atoms with Crippen molar-refractivity contribution in [1.29, 1.82) is 0 Å². The number of hydrogen-bond acceptors (Lipinski definition) is 0. The van der Waals surface area contributed by atoms with E-state index in [0.717, 1.165) is 16.8 Å². The van der Waals surface area contributed by atoms with Crippen molar-refractivity contribution in [3.63, 3.8) is 0 Å². The van der Waals surface area contributed by atoms with Crippen molar-refractivity contribution in [2.75, 3.05) is 5.88 Å². The van der Waals surface area contributed by atoms with Crippen LogP contribution in [0.25, 0.3) is 0 Å².